The van der Waals surface area contributed by atoms with Crippen molar-refractivity contribution in [1.29, 1.82) is 0 Å². The van der Waals surface area contributed by atoms with Crippen LogP contribution in [0.25, 0.3) is 11.4 Å². The third-order valence-electron chi connectivity index (χ3n) is 3.78. The Morgan fingerprint density at radius 2 is 2.08 bits per heavy atom. The van der Waals surface area contributed by atoms with E-state index in [0.29, 0.717) is 40.0 Å². The second-order valence-corrected chi connectivity index (χ2v) is 6.12. The van der Waals surface area contributed by atoms with Crippen LogP contribution in [-0.2, 0) is 6.54 Å². The van der Waals surface area contributed by atoms with Crippen LogP contribution in [0, 0.1) is 0 Å². The molecule has 0 saturated heterocycles. The lowest BCUT2D eigenvalue weighted by Crippen LogP contribution is -2.23. The lowest BCUT2D eigenvalue weighted by atomic mass is 10.2. The van der Waals surface area contributed by atoms with Gasteiger partial charge in [-0.25, -0.2) is 0 Å². The number of ether oxygens (including phenoxy) is 2. The van der Waals surface area contributed by atoms with Crippen molar-refractivity contribution in [2.45, 2.75) is 6.54 Å². The fraction of sp³-hybridized carbons (Fsp3) is 0.167. The average Bonchev–Trinajstić information content (AvgIpc) is 3.08. The van der Waals surface area contributed by atoms with Gasteiger partial charge in [0.25, 0.3) is 5.91 Å². The number of methoxy groups -OCH3 is 2. The van der Waals surface area contributed by atoms with Crippen molar-refractivity contribution in [2.75, 3.05) is 20.0 Å². The average molecular weight is 370 g/mol. The molecular formula is C18H18N4O3S. The monoisotopic (exact) mass is 370 g/mol. The molecule has 3 aromatic rings. The highest BCUT2D eigenvalue weighted by atomic mass is 32.1. The summed E-state index contributed by atoms with van der Waals surface area (Å²) in [6.07, 6.45) is 1.66. The Balaban J connectivity index is 1.75. The van der Waals surface area contributed by atoms with E-state index < -0.39 is 0 Å². The Labute approximate surface area is 155 Å². The van der Waals surface area contributed by atoms with Crippen LogP contribution in [0.3, 0.4) is 0 Å². The highest BCUT2D eigenvalue weighted by Crippen LogP contribution is 2.29. The van der Waals surface area contributed by atoms with Crippen LogP contribution < -0.4 is 20.5 Å². The molecule has 8 heteroatoms. The highest BCUT2D eigenvalue weighted by Gasteiger charge is 2.19. The summed E-state index contributed by atoms with van der Waals surface area (Å²) in [6, 6.07) is 10.9. The molecule has 0 radical (unpaired) electrons. The summed E-state index contributed by atoms with van der Waals surface area (Å²) in [6.45, 7) is 0.294. The quantitative estimate of drug-likeness (QED) is 0.692. The molecule has 0 aliphatic rings. The first-order valence-corrected chi connectivity index (χ1v) is 8.57. The number of nitrogen functional groups attached to an aromatic ring is 1. The third kappa shape index (κ3) is 3.60. The maximum atomic E-state index is 12.5. The summed E-state index contributed by atoms with van der Waals surface area (Å²) in [5.41, 5.74) is 8.41. The lowest BCUT2D eigenvalue weighted by molar-refractivity contribution is 0.0955. The molecule has 3 N–H and O–H groups in total. The van der Waals surface area contributed by atoms with E-state index in [-0.39, 0.29) is 5.91 Å². The maximum Gasteiger partial charge on any atom is 0.265 e. The second kappa shape index (κ2) is 7.83. The van der Waals surface area contributed by atoms with Crippen molar-refractivity contribution in [3.63, 3.8) is 0 Å². The molecule has 134 valence electrons. The number of pyridine rings is 1. The van der Waals surface area contributed by atoms with Gasteiger partial charge in [0.05, 0.1) is 25.6 Å². The minimum Gasteiger partial charge on any atom is -0.497 e. The van der Waals surface area contributed by atoms with E-state index in [4.69, 9.17) is 15.2 Å². The first-order valence-electron chi connectivity index (χ1n) is 7.79. The molecule has 7 nitrogen and oxygen atoms in total. The molecular weight excluding hydrogens is 352 g/mol. The number of rotatable bonds is 6. The van der Waals surface area contributed by atoms with Gasteiger partial charge < -0.3 is 20.5 Å². The lowest BCUT2D eigenvalue weighted by Gasteiger charge is -2.11. The topological polar surface area (TPSA) is 99.4 Å². The number of benzene rings is 1. The standard InChI is InChI=1S/C18H18N4O3S/c1-24-12-7-6-11(14(9-12)25-2)10-21-18(23)17-15(19)16(22-26-17)13-5-3-4-8-20-13/h3-9H,10,19H2,1-2H3,(H,21,23). The molecule has 1 aromatic carbocycles. The SMILES string of the molecule is COc1ccc(CNC(=O)c2snc(-c3ccccn3)c2N)c(OC)c1. The zero-order valence-electron chi connectivity index (χ0n) is 14.4. The Hall–Kier alpha value is -3.13. The normalized spacial score (nSPS) is 10.4. The first-order chi connectivity index (χ1) is 12.6. The third-order valence-corrected chi connectivity index (χ3v) is 4.64. The van der Waals surface area contributed by atoms with Crippen LogP contribution >= 0.6 is 11.5 Å². The predicted molar refractivity (Wildman–Crippen MR) is 100 cm³/mol. The van der Waals surface area contributed by atoms with Crippen LogP contribution in [0.4, 0.5) is 5.69 Å². The van der Waals surface area contributed by atoms with E-state index in [9.17, 15) is 4.79 Å². The van der Waals surface area contributed by atoms with Gasteiger partial charge in [-0.15, -0.1) is 0 Å². The summed E-state index contributed by atoms with van der Waals surface area (Å²) in [7, 11) is 3.16. The van der Waals surface area contributed by atoms with E-state index in [1.807, 2.05) is 24.3 Å². The minimum atomic E-state index is -0.292. The molecule has 0 bridgehead atoms. The van der Waals surface area contributed by atoms with E-state index in [1.165, 1.54) is 0 Å². The van der Waals surface area contributed by atoms with Gasteiger partial charge in [-0.05, 0) is 35.8 Å². The fourth-order valence-electron chi connectivity index (χ4n) is 2.40. The first kappa shape index (κ1) is 17.7. The smallest absolute Gasteiger partial charge is 0.265 e. The van der Waals surface area contributed by atoms with Crippen LogP contribution in [0.2, 0.25) is 0 Å². The number of carbonyl (C=O) groups is 1. The van der Waals surface area contributed by atoms with Crippen LogP contribution in [-0.4, -0.2) is 29.5 Å². The van der Waals surface area contributed by atoms with Crippen LogP contribution in [0.1, 0.15) is 15.2 Å². The van der Waals surface area contributed by atoms with Crippen molar-refractivity contribution in [1.82, 2.24) is 14.7 Å². The Kier molecular flexibility index (Phi) is 5.33. The number of nitrogens with two attached hydrogens (primary N) is 1. The highest BCUT2D eigenvalue weighted by molar-refractivity contribution is 7.09. The minimum absolute atomic E-state index is 0.292. The number of anilines is 1. The van der Waals surface area contributed by atoms with Crippen molar-refractivity contribution in [3.8, 4) is 22.9 Å². The second-order valence-electron chi connectivity index (χ2n) is 5.35. The van der Waals surface area contributed by atoms with Gasteiger partial charge in [0, 0.05) is 24.4 Å². The fourth-order valence-corrected chi connectivity index (χ4v) is 3.13. The van der Waals surface area contributed by atoms with Gasteiger partial charge in [0.15, 0.2) is 0 Å². The summed E-state index contributed by atoms with van der Waals surface area (Å²) in [5.74, 6) is 1.03. The van der Waals surface area contributed by atoms with E-state index in [2.05, 4.69) is 14.7 Å². The number of hydrogen-bond donors (Lipinski definition) is 2. The molecule has 3 rings (SSSR count). The van der Waals surface area contributed by atoms with Gasteiger partial charge in [0.2, 0.25) is 0 Å². The molecule has 0 saturated carbocycles. The van der Waals surface area contributed by atoms with Gasteiger partial charge in [0.1, 0.15) is 22.1 Å². The molecule has 0 spiro atoms. The molecule has 26 heavy (non-hydrogen) atoms. The molecule has 0 aliphatic carbocycles. The number of nitrogens with zero attached hydrogens (tertiary/aromatic N) is 2. The Morgan fingerprint density at radius 1 is 1.23 bits per heavy atom. The van der Waals surface area contributed by atoms with Crippen molar-refractivity contribution < 1.29 is 14.3 Å². The van der Waals surface area contributed by atoms with E-state index in [1.54, 1.807) is 32.5 Å². The predicted octanol–water partition coefficient (Wildman–Crippen LogP) is 2.73. The zero-order chi connectivity index (χ0) is 18.5. The summed E-state index contributed by atoms with van der Waals surface area (Å²) in [4.78, 5) is 17.1. The van der Waals surface area contributed by atoms with Crippen molar-refractivity contribution in [3.05, 3.63) is 53.0 Å². The van der Waals surface area contributed by atoms with Crippen LogP contribution in [0.15, 0.2) is 42.6 Å². The zero-order valence-corrected chi connectivity index (χ0v) is 15.2. The summed E-state index contributed by atoms with van der Waals surface area (Å²) >= 11 is 1.05. The van der Waals surface area contributed by atoms with Gasteiger partial charge >= 0.3 is 0 Å². The Morgan fingerprint density at radius 3 is 2.77 bits per heavy atom. The van der Waals surface area contributed by atoms with Crippen molar-refractivity contribution in [2.24, 2.45) is 0 Å². The van der Waals surface area contributed by atoms with Crippen LogP contribution in [0.5, 0.6) is 11.5 Å². The van der Waals surface area contributed by atoms with Crippen molar-refractivity contribution >= 4 is 23.1 Å². The molecule has 2 aromatic heterocycles. The van der Waals surface area contributed by atoms with Gasteiger partial charge in [-0.1, -0.05) is 6.07 Å². The molecule has 0 atom stereocenters. The Bertz CT molecular complexity index is 912. The number of amides is 1. The molecule has 0 aliphatic heterocycles. The van der Waals surface area contributed by atoms with E-state index in [0.717, 1.165) is 17.1 Å². The number of hydrogen-bond acceptors (Lipinski definition) is 7. The molecule has 1 amide bonds. The number of carbonyl (C=O) groups excluding carboxylic acids is 1. The summed E-state index contributed by atoms with van der Waals surface area (Å²) in [5, 5.41) is 2.84. The molecule has 0 fully saturated rings. The summed E-state index contributed by atoms with van der Waals surface area (Å²) < 4.78 is 14.8. The maximum absolute atomic E-state index is 12.5. The molecule has 2 heterocycles. The van der Waals surface area contributed by atoms with E-state index >= 15 is 0 Å². The van der Waals surface area contributed by atoms with Gasteiger partial charge in [-0.3, -0.25) is 9.78 Å². The molecule has 0 unspecified atom stereocenters. The largest absolute Gasteiger partial charge is 0.497 e. The number of nitrogens with one attached hydrogen (secondary N) is 1. The van der Waals surface area contributed by atoms with Gasteiger partial charge in [-0.2, -0.15) is 4.37 Å². The number of aromatic nitrogens is 2.